The second-order valence-electron chi connectivity index (χ2n) is 7.09. The number of hydrogen-bond acceptors (Lipinski definition) is 2. The largest absolute Gasteiger partial charge is 0.393 e. The van der Waals surface area contributed by atoms with Crippen LogP contribution in [0.2, 0.25) is 0 Å². The van der Waals surface area contributed by atoms with Gasteiger partial charge < -0.3 is 10.0 Å². The lowest BCUT2D eigenvalue weighted by Gasteiger charge is -2.44. The zero-order chi connectivity index (χ0) is 14.8. The van der Waals surface area contributed by atoms with Crippen LogP contribution in [0, 0.1) is 0 Å². The molecule has 0 aromatic rings. The van der Waals surface area contributed by atoms with Gasteiger partial charge in [0, 0.05) is 5.54 Å². The lowest BCUT2D eigenvalue weighted by Crippen LogP contribution is -2.48. The fourth-order valence-electron chi connectivity index (χ4n) is 3.74. The van der Waals surface area contributed by atoms with Crippen LogP contribution in [0.4, 0.5) is 0 Å². The highest BCUT2D eigenvalue weighted by Crippen LogP contribution is 2.36. The van der Waals surface area contributed by atoms with Crippen LogP contribution in [-0.2, 0) is 0 Å². The Morgan fingerprint density at radius 1 is 0.952 bits per heavy atom. The molecule has 0 aliphatic heterocycles. The Morgan fingerprint density at radius 3 is 2.10 bits per heavy atom. The van der Waals surface area contributed by atoms with Gasteiger partial charge in [-0.15, -0.1) is 17.0 Å². The maximum atomic E-state index is 10.4. The van der Waals surface area contributed by atoms with Crippen LogP contribution in [0.1, 0.15) is 90.4 Å². The van der Waals surface area contributed by atoms with Gasteiger partial charge >= 0.3 is 0 Å². The molecule has 0 saturated heterocycles. The molecule has 1 fully saturated rings. The van der Waals surface area contributed by atoms with Crippen molar-refractivity contribution in [2.45, 2.75) is 102 Å². The van der Waals surface area contributed by atoms with Crippen LogP contribution >= 0.6 is 17.0 Å². The lowest BCUT2D eigenvalue weighted by atomic mass is 9.76. The smallest absolute Gasteiger partial charge is 0.0557 e. The van der Waals surface area contributed by atoms with Crippen LogP contribution < -0.4 is 0 Å². The zero-order valence-corrected chi connectivity index (χ0v) is 16.3. The molecule has 0 aromatic carbocycles. The van der Waals surface area contributed by atoms with E-state index in [1.54, 1.807) is 0 Å². The van der Waals surface area contributed by atoms with Gasteiger partial charge in [-0.2, -0.15) is 0 Å². The minimum absolute atomic E-state index is 0. The topological polar surface area (TPSA) is 23.5 Å². The van der Waals surface area contributed by atoms with E-state index in [1.807, 2.05) is 0 Å². The Balaban J connectivity index is 0.00000400. The van der Waals surface area contributed by atoms with Crippen LogP contribution in [-0.4, -0.2) is 35.7 Å². The molecule has 21 heavy (non-hydrogen) atoms. The molecule has 1 saturated carbocycles. The van der Waals surface area contributed by atoms with E-state index in [4.69, 9.17) is 0 Å². The highest BCUT2D eigenvalue weighted by molar-refractivity contribution is 8.93. The first-order valence-electron chi connectivity index (χ1n) is 8.96. The van der Waals surface area contributed by atoms with Crippen molar-refractivity contribution in [1.82, 2.24) is 4.90 Å². The number of aliphatic hydroxyl groups excluding tert-OH is 1. The number of aliphatic hydroxyl groups is 1. The first-order chi connectivity index (χ1) is 9.60. The van der Waals surface area contributed by atoms with Crippen molar-refractivity contribution in [3.05, 3.63) is 0 Å². The number of nitrogens with zero attached hydrogens (tertiary/aromatic N) is 1. The summed E-state index contributed by atoms with van der Waals surface area (Å²) in [7, 11) is 4.39. The molecule has 0 radical (unpaired) electrons. The predicted molar refractivity (Wildman–Crippen MR) is 98.4 cm³/mol. The van der Waals surface area contributed by atoms with E-state index in [0.29, 0.717) is 0 Å². The zero-order valence-electron chi connectivity index (χ0n) is 14.6. The summed E-state index contributed by atoms with van der Waals surface area (Å²) in [6, 6.07) is 0. The molecule has 0 aromatic heterocycles. The van der Waals surface area contributed by atoms with E-state index < -0.39 is 0 Å². The maximum absolute atomic E-state index is 10.4. The standard InChI is InChI=1S/C18H37NO.BrH/c1-4-5-6-7-8-10-13-17(20)16-18(19(2)3)14-11-9-12-15-18;/h17,20H,4-16H2,1-3H3;1H. The fourth-order valence-corrected chi connectivity index (χ4v) is 3.74. The first-order valence-corrected chi connectivity index (χ1v) is 8.96. The Labute approximate surface area is 143 Å². The highest BCUT2D eigenvalue weighted by atomic mass is 79.9. The maximum Gasteiger partial charge on any atom is 0.0557 e. The van der Waals surface area contributed by atoms with E-state index >= 15 is 0 Å². The Hall–Kier alpha value is 0.400. The highest BCUT2D eigenvalue weighted by Gasteiger charge is 2.35. The molecule has 1 N–H and O–H groups in total. The van der Waals surface area contributed by atoms with Gasteiger partial charge in [-0.3, -0.25) is 0 Å². The number of unbranched alkanes of at least 4 members (excludes halogenated alkanes) is 5. The molecule has 128 valence electrons. The summed E-state index contributed by atoms with van der Waals surface area (Å²) >= 11 is 0. The van der Waals surface area contributed by atoms with Gasteiger partial charge in [0.25, 0.3) is 0 Å². The van der Waals surface area contributed by atoms with Gasteiger partial charge in [-0.25, -0.2) is 0 Å². The second kappa shape index (κ2) is 11.9. The van der Waals surface area contributed by atoms with Crippen molar-refractivity contribution in [2.75, 3.05) is 14.1 Å². The fraction of sp³-hybridized carbons (Fsp3) is 1.00. The molecule has 1 atom stereocenters. The number of hydrogen-bond donors (Lipinski definition) is 1. The summed E-state index contributed by atoms with van der Waals surface area (Å²) in [6.07, 6.45) is 16.4. The van der Waals surface area contributed by atoms with E-state index in [2.05, 4.69) is 25.9 Å². The van der Waals surface area contributed by atoms with Crippen LogP contribution in [0.25, 0.3) is 0 Å². The van der Waals surface area contributed by atoms with Crippen molar-refractivity contribution in [3.8, 4) is 0 Å². The summed E-state index contributed by atoms with van der Waals surface area (Å²) < 4.78 is 0. The molecule has 3 heteroatoms. The summed E-state index contributed by atoms with van der Waals surface area (Å²) in [5.74, 6) is 0. The predicted octanol–water partition coefficient (Wildman–Crippen LogP) is 5.33. The van der Waals surface area contributed by atoms with Crippen molar-refractivity contribution in [2.24, 2.45) is 0 Å². The Morgan fingerprint density at radius 2 is 1.52 bits per heavy atom. The normalized spacial score (nSPS) is 19.3. The van der Waals surface area contributed by atoms with E-state index in [-0.39, 0.29) is 28.6 Å². The number of rotatable bonds is 10. The van der Waals surface area contributed by atoms with Crippen molar-refractivity contribution in [3.63, 3.8) is 0 Å². The minimum atomic E-state index is -0.0957. The molecule has 0 heterocycles. The molecule has 1 rings (SSSR count). The van der Waals surface area contributed by atoms with Gasteiger partial charge in [0.1, 0.15) is 0 Å². The third-order valence-electron chi connectivity index (χ3n) is 5.24. The quantitative estimate of drug-likeness (QED) is 0.530. The molecule has 0 bridgehead atoms. The van der Waals surface area contributed by atoms with Crippen LogP contribution in [0.3, 0.4) is 0 Å². The van der Waals surface area contributed by atoms with E-state index in [9.17, 15) is 5.11 Å². The second-order valence-corrected chi connectivity index (χ2v) is 7.09. The van der Waals surface area contributed by atoms with E-state index in [1.165, 1.54) is 70.6 Å². The third-order valence-corrected chi connectivity index (χ3v) is 5.24. The molecule has 0 amide bonds. The molecular weight excluding hydrogens is 326 g/mol. The summed E-state index contributed by atoms with van der Waals surface area (Å²) in [5.41, 5.74) is 0.278. The van der Waals surface area contributed by atoms with Gasteiger partial charge in [-0.1, -0.05) is 64.7 Å². The summed E-state index contributed by atoms with van der Waals surface area (Å²) in [5, 5.41) is 10.4. The van der Waals surface area contributed by atoms with Gasteiger partial charge in [0.15, 0.2) is 0 Å². The molecular formula is C18H38BrNO. The van der Waals surface area contributed by atoms with Crippen molar-refractivity contribution < 1.29 is 5.11 Å². The van der Waals surface area contributed by atoms with Gasteiger partial charge in [0.05, 0.1) is 6.10 Å². The van der Waals surface area contributed by atoms with Crippen molar-refractivity contribution in [1.29, 1.82) is 0 Å². The molecule has 2 nitrogen and oxygen atoms in total. The van der Waals surface area contributed by atoms with E-state index in [0.717, 1.165) is 12.8 Å². The molecule has 1 unspecified atom stereocenters. The molecule has 1 aliphatic rings. The van der Waals surface area contributed by atoms with Crippen LogP contribution in [0.15, 0.2) is 0 Å². The average molecular weight is 364 g/mol. The SMILES string of the molecule is Br.CCCCCCCCC(O)CC1(N(C)C)CCCCC1. The minimum Gasteiger partial charge on any atom is -0.393 e. The van der Waals surface area contributed by atoms with Gasteiger partial charge in [-0.05, 0) is 39.8 Å². The summed E-state index contributed by atoms with van der Waals surface area (Å²) in [4.78, 5) is 2.39. The monoisotopic (exact) mass is 363 g/mol. The van der Waals surface area contributed by atoms with Gasteiger partial charge in [0.2, 0.25) is 0 Å². The van der Waals surface area contributed by atoms with Crippen molar-refractivity contribution >= 4 is 17.0 Å². The first kappa shape index (κ1) is 21.4. The third kappa shape index (κ3) is 7.99. The molecule has 0 spiro atoms. The summed E-state index contributed by atoms with van der Waals surface area (Å²) in [6.45, 7) is 2.26. The number of halogens is 1. The Bertz CT molecular complexity index is 239. The molecule has 1 aliphatic carbocycles. The van der Waals surface area contributed by atoms with Crippen LogP contribution in [0.5, 0.6) is 0 Å². The average Bonchev–Trinajstić information content (AvgIpc) is 2.43. The lowest BCUT2D eigenvalue weighted by molar-refractivity contribution is 0.0290. The Kier molecular flexibility index (Phi) is 12.1.